The Kier molecular flexibility index (Phi) is 9.50. The second-order valence-electron chi connectivity index (χ2n) is 7.24. The molecule has 156 valence electrons. The maximum Gasteiger partial charge on any atom is 0.254 e. The van der Waals surface area contributed by atoms with Gasteiger partial charge in [-0.25, -0.2) is 4.98 Å². The predicted molar refractivity (Wildman–Crippen MR) is 124 cm³/mol. The normalized spacial score (nSPS) is 11.5. The average molecular weight is 435 g/mol. The molecule has 2 aromatic heterocycles. The molecule has 0 fully saturated rings. The summed E-state index contributed by atoms with van der Waals surface area (Å²) in [6.45, 7) is 4.82. The first-order valence-electron chi connectivity index (χ1n) is 9.28. The van der Waals surface area contributed by atoms with Gasteiger partial charge in [0.2, 0.25) is 0 Å². The summed E-state index contributed by atoms with van der Waals surface area (Å²) in [7, 11) is 1.83. The minimum Gasteiger partial charge on any atom is -0.342 e. The fraction of sp³-hybridized carbons (Fsp3) is 0.318. The third kappa shape index (κ3) is 5.89. The maximum absolute atomic E-state index is 13.2. The fourth-order valence-electron chi connectivity index (χ4n) is 3.00. The van der Waals surface area contributed by atoms with Gasteiger partial charge < -0.3 is 10.6 Å². The van der Waals surface area contributed by atoms with Crippen LogP contribution < -0.4 is 5.73 Å². The van der Waals surface area contributed by atoms with E-state index >= 15 is 0 Å². The van der Waals surface area contributed by atoms with Crippen LogP contribution in [0.1, 0.15) is 30.6 Å². The van der Waals surface area contributed by atoms with Crippen molar-refractivity contribution in [3.8, 4) is 11.3 Å². The number of rotatable bonds is 6. The average Bonchev–Trinajstić information content (AvgIpc) is 2.70. The summed E-state index contributed by atoms with van der Waals surface area (Å²) < 4.78 is 0. The number of aromatic nitrogens is 2. The van der Waals surface area contributed by atoms with E-state index in [1.807, 2.05) is 49.5 Å². The van der Waals surface area contributed by atoms with Gasteiger partial charge in [-0.05, 0) is 36.6 Å². The Morgan fingerprint density at radius 1 is 1.14 bits per heavy atom. The highest BCUT2D eigenvalue weighted by atomic mass is 35.5. The molecule has 0 aliphatic rings. The molecule has 0 radical (unpaired) electrons. The summed E-state index contributed by atoms with van der Waals surface area (Å²) in [6.07, 6.45) is 4.26. The molecule has 7 heteroatoms. The molecule has 0 saturated heterocycles. The monoisotopic (exact) mass is 434 g/mol. The van der Waals surface area contributed by atoms with Crippen molar-refractivity contribution in [3.05, 3.63) is 60.4 Å². The Bertz CT molecular complexity index is 935. The Labute approximate surface area is 184 Å². The number of carbonyl (C=O) groups is 1. The third-order valence-corrected chi connectivity index (χ3v) is 4.90. The number of nitrogens with two attached hydrogens (primary N) is 1. The van der Waals surface area contributed by atoms with Crippen LogP contribution in [-0.4, -0.2) is 40.4 Å². The number of halogens is 2. The smallest absolute Gasteiger partial charge is 0.254 e. The maximum atomic E-state index is 13.2. The number of pyridine rings is 2. The summed E-state index contributed by atoms with van der Waals surface area (Å²) in [5.74, 6) is 0.377. The SMILES string of the molecule is CC(C)C(N)CCN(C)C(=O)c1cc(-c2cccnc2)nc2ccccc12.Cl.Cl. The molecule has 0 aliphatic heterocycles. The van der Waals surface area contributed by atoms with E-state index in [2.05, 4.69) is 18.8 Å². The van der Waals surface area contributed by atoms with Crippen molar-refractivity contribution in [1.82, 2.24) is 14.9 Å². The Morgan fingerprint density at radius 3 is 2.52 bits per heavy atom. The molecule has 0 spiro atoms. The lowest BCUT2D eigenvalue weighted by molar-refractivity contribution is 0.0791. The van der Waals surface area contributed by atoms with Crippen LogP contribution in [-0.2, 0) is 0 Å². The first-order valence-corrected chi connectivity index (χ1v) is 9.28. The molecule has 1 aromatic carbocycles. The lowest BCUT2D eigenvalue weighted by Gasteiger charge is -2.22. The minimum absolute atomic E-state index is 0. The highest BCUT2D eigenvalue weighted by Gasteiger charge is 2.18. The van der Waals surface area contributed by atoms with Gasteiger partial charge in [-0.3, -0.25) is 9.78 Å². The summed E-state index contributed by atoms with van der Waals surface area (Å²) in [4.78, 5) is 23.8. The number of carbonyl (C=O) groups excluding carboxylic acids is 1. The number of hydrogen-bond acceptors (Lipinski definition) is 4. The standard InChI is InChI=1S/C22H26N4O.2ClH/c1-15(2)19(23)10-12-26(3)22(27)18-13-21(16-7-6-11-24-14-16)25-20-9-5-4-8-17(18)20;;/h4-9,11,13-15,19H,10,12,23H2,1-3H3;2*1H. The Hall–Kier alpha value is -2.21. The van der Waals surface area contributed by atoms with Gasteiger partial charge in [0.1, 0.15) is 0 Å². The minimum atomic E-state index is -0.0188. The van der Waals surface area contributed by atoms with Crippen molar-refractivity contribution < 1.29 is 4.79 Å². The molecule has 29 heavy (non-hydrogen) atoms. The van der Waals surface area contributed by atoms with E-state index in [9.17, 15) is 4.79 Å². The summed E-state index contributed by atoms with van der Waals surface area (Å²) in [5, 5.41) is 0.857. The van der Waals surface area contributed by atoms with Crippen molar-refractivity contribution in [2.45, 2.75) is 26.3 Å². The molecule has 1 amide bonds. The topological polar surface area (TPSA) is 72.1 Å². The predicted octanol–water partition coefficient (Wildman–Crippen LogP) is 4.59. The van der Waals surface area contributed by atoms with Gasteiger partial charge in [-0.15, -0.1) is 24.8 Å². The number of fused-ring (bicyclic) bond motifs is 1. The second kappa shape index (κ2) is 11.1. The number of para-hydroxylation sites is 1. The van der Waals surface area contributed by atoms with Gasteiger partial charge in [-0.1, -0.05) is 32.0 Å². The van der Waals surface area contributed by atoms with Crippen LogP contribution in [0.3, 0.4) is 0 Å². The van der Waals surface area contributed by atoms with E-state index in [1.165, 1.54) is 0 Å². The van der Waals surface area contributed by atoms with E-state index in [0.29, 0.717) is 18.0 Å². The van der Waals surface area contributed by atoms with Gasteiger partial charge in [0, 0.05) is 43.0 Å². The molecular formula is C22H28Cl2N4O. The summed E-state index contributed by atoms with van der Waals surface area (Å²) in [6, 6.07) is 13.5. The number of hydrogen-bond donors (Lipinski definition) is 1. The van der Waals surface area contributed by atoms with Gasteiger partial charge in [0.15, 0.2) is 0 Å². The van der Waals surface area contributed by atoms with Gasteiger partial charge in [0.05, 0.1) is 16.8 Å². The van der Waals surface area contributed by atoms with E-state index in [4.69, 9.17) is 10.7 Å². The van der Waals surface area contributed by atoms with Crippen LogP contribution in [0.15, 0.2) is 54.9 Å². The summed E-state index contributed by atoms with van der Waals surface area (Å²) >= 11 is 0. The molecule has 5 nitrogen and oxygen atoms in total. The van der Waals surface area contributed by atoms with Crippen LogP contribution in [0.5, 0.6) is 0 Å². The van der Waals surface area contributed by atoms with Crippen molar-refractivity contribution in [2.75, 3.05) is 13.6 Å². The third-order valence-electron chi connectivity index (χ3n) is 4.90. The molecular weight excluding hydrogens is 407 g/mol. The van der Waals surface area contributed by atoms with Crippen LogP contribution in [0.25, 0.3) is 22.2 Å². The molecule has 3 aromatic rings. The van der Waals surface area contributed by atoms with Crippen molar-refractivity contribution in [2.24, 2.45) is 11.7 Å². The highest BCUT2D eigenvalue weighted by Crippen LogP contribution is 2.25. The number of benzene rings is 1. The first-order chi connectivity index (χ1) is 13.0. The zero-order chi connectivity index (χ0) is 19.4. The van der Waals surface area contributed by atoms with E-state index < -0.39 is 0 Å². The molecule has 0 bridgehead atoms. The lowest BCUT2D eigenvalue weighted by atomic mass is 10.0. The van der Waals surface area contributed by atoms with Crippen LogP contribution in [0.4, 0.5) is 0 Å². The first kappa shape index (κ1) is 24.8. The van der Waals surface area contributed by atoms with Gasteiger partial charge in [-0.2, -0.15) is 0 Å². The van der Waals surface area contributed by atoms with Gasteiger partial charge >= 0.3 is 0 Å². The molecule has 0 saturated carbocycles. The lowest BCUT2D eigenvalue weighted by Crippen LogP contribution is -2.34. The molecule has 0 aliphatic carbocycles. The highest BCUT2D eigenvalue weighted by molar-refractivity contribution is 6.07. The molecule has 2 heterocycles. The Morgan fingerprint density at radius 2 is 1.86 bits per heavy atom. The Balaban J connectivity index is 0.00000210. The van der Waals surface area contributed by atoms with Crippen LogP contribution >= 0.6 is 24.8 Å². The van der Waals surface area contributed by atoms with E-state index in [-0.39, 0.29) is 36.8 Å². The van der Waals surface area contributed by atoms with Crippen LogP contribution in [0.2, 0.25) is 0 Å². The fourth-order valence-corrected chi connectivity index (χ4v) is 3.00. The van der Waals surface area contributed by atoms with Crippen molar-refractivity contribution in [1.29, 1.82) is 0 Å². The van der Waals surface area contributed by atoms with Crippen LogP contribution in [0, 0.1) is 5.92 Å². The number of amides is 1. The number of nitrogens with zero attached hydrogens (tertiary/aromatic N) is 3. The molecule has 1 atom stereocenters. The van der Waals surface area contributed by atoms with E-state index in [0.717, 1.165) is 28.6 Å². The largest absolute Gasteiger partial charge is 0.342 e. The summed E-state index contributed by atoms with van der Waals surface area (Å²) in [5.41, 5.74) is 9.23. The van der Waals surface area contributed by atoms with Crippen molar-refractivity contribution >= 4 is 41.6 Å². The zero-order valence-electron chi connectivity index (χ0n) is 16.9. The molecule has 3 rings (SSSR count). The second-order valence-corrected chi connectivity index (χ2v) is 7.24. The van der Waals surface area contributed by atoms with Gasteiger partial charge in [0.25, 0.3) is 5.91 Å². The molecule has 1 unspecified atom stereocenters. The van der Waals surface area contributed by atoms with E-state index in [1.54, 1.807) is 17.3 Å². The quantitative estimate of drug-likeness (QED) is 0.615. The van der Waals surface area contributed by atoms with Crippen molar-refractivity contribution in [3.63, 3.8) is 0 Å². The zero-order valence-corrected chi connectivity index (χ0v) is 18.5. The molecule has 2 N–H and O–H groups in total.